The second-order valence-electron chi connectivity index (χ2n) is 4.75. The van der Waals surface area contributed by atoms with Crippen molar-refractivity contribution in [2.75, 3.05) is 11.4 Å². The summed E-state index contributed by atoms with van der Waals surface area (Å²) in [4.78, 5) is 26.2. The lowest BCUT2D eigenvalue weighted by atomic mass is 10.0. The minimum absolute atomic E-state index is 0.0174. The van der Waals surface area contributed by atoms with Gasteiger partial charge in [-0.15, -0.1) is 0 Å². The number of nitrogens with one attached hydrogen (secondary N) is 1. The van der Waals surface area contributed by atoms with Gasteiger partial charge in [-0.2, -0.15) is 0 Å². The van der Waals surface area contributed by atoms with Crippen LogP contribution < -0.4 is 10.2 Å². The van der Waals surface area contributed by atoms with Gasteiger partial charge in [-0.05, 0) is 33.6 Å². The maximum atomic E-state index is 12.4. The molecule has 1 N–H and O–H groups in total. The molecule has 0 bridgehead atoms. The highest BCUT2D eigenvalue weighted by molar-refractivity contribution is 9.10. The third-order valence-electron chi connectivity index (χ3n) is 3.42. The minimum atomic E-state index is -0.647. The van der Waals surface area contributed by atoms with Crippen molar-refractivity contribution in [3.8, 4) is 0 Å². The Morgan fingerprint density at radius 3 is 2.38 bits per heavy atom. The van der Waals surface area contributed by atoms with Gasteiger partial charge in [-0.1, -0.05) is 42.5 Å². The zero-order valence-corrected chi connectivity index (χ0v) is 12.7. The molecule has 5 heteroatoms. The molecule has 0 aliphatic carbocycles. The first-order valence-electron chi connectivity index (χ1n) is 6.58. The Labute approximate surface area is 130 Å². The largest absolute Gasteiger partial charge is 0.345 e. The van der Waals surface area contributed by atoms with Gasteiger partial charge in [0.15, 0.2) is 0 Å². The van der Waals surface area contributed by atoms with E-state index in [-0.39, 0.29) is 18.4 Å². The average Bonchev–Trinajstić information content (AvgIpc) is 2.51. The van der Waals surface area contributed by atoms with Gasteiger partial charge in [0.25, 0.3) is 0 Å². The zero-order valence-electron chi connectivity index (χ0n) is 11.1. The van der Waals surface area contributed by atoms with Gasteiger partial charge in [0, 0.05) is 4.47 Å². The van der Waals surface area contributed by atoms with Gasteiger partial charge in [-0.3, -0.25) is 14.5 Å². The molecule has 0 aromatic heterocycles. The quantitative estimate of drug-likeness (QED) is 0.910. The molecular weight excluding hydrogens is 332 g/mol. The van der Waals surface area contributed by atoms with Crippen molar-refractivity contribution in [1.29, 1.82) is 0 Å². The molecule has 2 aromatic carbocycles. The molecule has 1 aliphatic rings. The Bertz CT molecular complexity index is 688. The SMILES string of the molecule is O=C1NCC(=O)N(c2ccccc2Br)C1c1ccccc1. The number of para-hydroxylation sites is 1. The number of anilines is 1. The fraction of sp³-hybridized carbons (Fsp3) is 0.125. The molecule has 2 amide bonds. The van der Waals surface area contributed by atoms with Crippen LogP contribution in [0.2, 0.25) is 0 Å². The van der Waals surface area contributed by atoms with Crippen molar-refractivity contribution < 1.29 is 9.59 Å². The Balaban J connectivity index is 2.11. The van der Waals surface area contributed by atoms with E-state index in [1.165, 1.54) is 0 Å². The minimum Gasteiger partial charge on any atom is -0.345 e. The lowest BCUT2D eigenvalue weighted by molar-refractivity contribution is -0.131. The Hall–Kier alpha value is -2.14. The van der Waals surface area contributed by atoms with Crippen LogP contribution in [0, 0.1) is 0 Å². The van der Waals surface area contributed by atoms with Gasteiger partial charge in [0.2, 0.25) is 11.8 Å². The number of amides is 2. The third kappa shape index (κ3) is 2.56. The molecule has 2 aromatic rings. The number of carbonyl (C=O) groups is 2. The van der Waals surface area contributed by atoms with Crippen LogP contribution in [0.3, 0.4) is 0 Å². The van der Waals surface area contributed by atoms with Crippen LogP contribution in [-0.2, 0) is 9.59 Å². The molecule has 1 saturated heterocycles. The summed E-state index contributed by atoms with van der Waals surface area (Å²) in [5, 5.41) is 2.65. The molecule has 0 saturated carbocycles. The maximum Gasteiger partial charge on any atom is 0.248 e. The van der Waals surface area contributed by atoms with E-state index >= 15 is 0 Å². The zero-order chi connectivity index (χ0) is 14.8. The second-order valence-corrected chi connectivity index (χ2v) is 5.60. The molecule has 21 heavy (non-hydrogen) atoms. The smallest absolute Gasteiger partial charge is 0.248 e. The molecule has 1 heterocycles. The van der Waals surface area contributed by atoms with Crippen molar-refractivity contribution in [3.05, 3.63) is 64.6 Å². The summed E-state index contributed by atoms with van der Waals surface area (Å²) in [5.41, 5.74) is 1.49. The van der Waals surface area contributed by atoms with E-state index < -0.39 is 6.04 Å². The molecule has 0 spiro atoms. The first-order valence-corrected chi connectivity index (χ1v) is 7.37. The van der Waals surface area contributed by atoms with Crippen molar-refractivity contribution in [2.45, 2.75) is 6.04 Å². The number of piperazine rings is 1. The summed E-state index contributed by atoms with van der Waals surface area (Å²) in [7, 11) is 0. The van der Waals surface area contributed by atoms with Crippen LogP contribution in [0.25, 0.3) is 0 Å². The standard InChI is InChI=1S/C16H13BrN2O2/c17-12-8-4-5-9-13(12)19-14(20)10-18-16(21)15(19)11-6-2-1-3-7-11/h1-9,15H,10H2,(H,18,21). The third-order valence-corrected chi connectivity index (χ3v) is 4.09. The number of rotatable bonds is 2. The normalized spacial score (nSPS) is 18.5. The van der Waals surface area contributed by atoms with Crippen LogP contribution in [-0.4, -0.2) is 18.4 Å². The molecule has 1 atom stereocenters. The van der Waals surface area contributed by atoms with Crippen LogP contribution in [0.15, 0.2) is 59.1 Å². The Kier molecular flexibility index (Phi) is 3.75. The van der Waals surface area contributed by atoms with Crippen LogP contribution >= 0.6 is 15.9 Å². The number of nitrogens with zero attached hydrogens (tertiary/aromatic N) is 1. The van der Waals surface area contributed by atoms with Gasteiger partial charge < -0.3 is 5.32 Å². The van der Waals surface area contributed by atoms with E-state index in [4.69, 9.17) is 0 Å². The number of hydrogen-bond acceptors (Lipinski definition) is 2. The van der Waals surface area contributed by atoms with Gasteiger partial charge in [0.1, 0.15) is 6.04 Å². The topological polar surface area (TPSA) is 49.4 Å². The van der Waals surface area contributed by atoms with Crippen LogP contribution in [0.5, 0.6) is 0 Å². The Morgan fingerprint density at radius 1 is 1.00 bits per heavy atom. The summed E-state index contributed by atoms with van der Waals surface area (Å²) >= 11 is 3.45. The predicted octanol–water partition coefficient (Wildman–Crippen LogP) is 2.65. The highest BCUT2D eigenvalue weighted by Gasteiger charge is 2.37. The molecule has 1 unspecified atom stereocenters. The van der Waals surface area contributed by atoms with Gasteiger partial charge >= 0.3 is 0 Å². The highest BCUT2D eigenvalue weighted by atomic mass is 79.9. The van der Waals surface area contributed by atoms with Crippen molar-refractivity contribution in [3.63, 3.8) is 0 Å². The van der Waals surface area contributed by atoms with Gasteiger partial charge in [-0.25, -0.2) is 0 Å². The fourth-order valence-corrected chi connectivity index (χ4v) is 2.94. The Morgan fingerprint density at radius 2 is 1.67 bits per heavy atom. The monoisotopic (exact) mass is 344 g/mol. The lowest BCUT2D eigenvalue weighted by Crippen LogP contribution is -2.53. The summed E-state index contributed by atoms with van der Waals surface area (Å²) < 4.78 is 0.786. The molecule has 3 rings (SSSR count). The summed E-state index contributed by atoms with van der Waals surface area (Å²) in [6.45, 7) is 0.0174. The van der Waals surface area contributed by atoms with Crippen molar-refractivity contribution >= 4 is 33.4 Å². The highest BCUT2D eigenvalue weighted by Crippen LogP contribution is 2.34. The summed E-state index contributed by atoms with van der Waals surface area (Å²) in [6.07, 6.45) is 0. The van der Waals surface area contributed by atoms with E-state index in [9.17, 15) is 9.59 Å². The first-order chi connectivity index (χ1) is 10.2. The average molecular weight is 345 g/mol. The first kappa shape index (κ1) is 13.8. The molecule has 1 aliphatic heterocycles. The van der Waals surface area contributed by atoms with Gasteiger partial charge in [0.05, 0.1) is 12.2 Å². The van der Waals surface area contributed by atoms with E-state index in [2.05, 4.69) is 21.2 Å². The maximum absolute atomic E-state index is 12.4. The molecule has 4 nitrogen and oxygen atoms in total. The fourth-order valence-electron chi connectivity index (χ4n) is 2.46. The number of carbonyl (C=O) groups excluding carboxylic acids is 2. The van der Waals surface area contributed by atoms with Crippen LogP contribution in [0.4, 0.5) is 5.69 Å². The number of halogens is 1. The molecule has 106 valence electrons. The van der Waals surface area contributed by atoms with Crippen molar-refractivity contribution in [1.82, 2.24) is 5.32 Å². The van der Waals surface area contributed by atoms with E-state index in [0.29, 0.717) is 5.69 Å². The lowest BCUT2D eigenvalue weighted by Gasteiger charge is -2.35. The summed E-state index contributed by atoms with van der Waals surface area (Å²) in [5.74, 6) is -0.299. The van der Waals surface area contributed by atoms with Crippen molar-refractivity contribution in [2.24, 2.45) is 0 Å². The predicted molar refractivity (Wildman–Crippen MR) is 83.8 cm³/mol. The second kappa shape index (κ2) is 5.69. The van der Waals surface area contributed by atoms with E-state index in [0.717, 1.165) is 10.0 Å². The molecule has 1 fully saturated rings. The summed E-state index contributed by atoms with van der Waals surface area (Å²) in [6, 6.07) is 16.1. The van der Waals surface area contributed by atoms with E-state index in [1.807, 2.05) is 54.6 Å². The van der Waals surface area contributed by atoms with Crippen LogP contribution in [0.1, 0.15) is 11.6 Å². The number of benzene rings is 2. The van der Waals surface area contributed by atoms with E-state index in [1.54, 1.807) is 4.90 Å². The number of hydrogen-bond donors (Lipinski definition) is 1. The molecule has 0 radical (unpaired) electrons. The molecular formula is C16H13BrN2O2.